The lowest BCUT2D eigenvalue weighted by Crippen LogP contribution is -2.37. The van der Waals surface area contributed by atoms with Crippen molar-refractivity contribution in [2.24, 2.45) is 0 Å². The van der Waals surface area contributed by atoms with Gasteiger partial charge in [0.25, 0.3) is 0 Å². The van der Waals surface area contributed by atoms with E-state index in [-0.39, 0.29) is 11.9 Å². The van der Waals surface area contributed by atoms with Gasteiger partial charge in [-0.3, -0.25) is 4.21 Å². The Morgan fingerprint density at radius 2 is 1.88 bits per heavy atom. The quantitative estimate of drug-likeness (QED) is 0.898. The van der Waals surface area contributed by atoms with Crippen molar-refractivity contribution in [3.8, 4) is 0 Å². The van der Waals surface area contributed by atoms with E-state index in [1.54, 1.807) is 0 Å². The van der Waals surface area contributed by atoms with Crippen molar-refractivity contribution >= 4 is 10.8 Å². The summed E-state index contributed by atoms with van der Waals surface area (Å²) in [5, 5.41) is 3.52. The number of rotatable bonds is 3. The molecule has 1 aliphatic heterocycles. The fourth-order valence-corrected chi connectivity index (χ4v) is 3.46. The van der Waals surface area contributed by atoms with Crippen LogP contribution < -0.4 is 5.32 Å². The van der Waals surface area contributed by atoms with Gasteiger partial charge < -0.3 is 5.32 Å². The standard InChI is InChI=1S/C13H18FNOS/c1-10(11-2-4-12(14)5-3-11)15-13-6-8-17(16)9-7-13/h2-5,10,13,15H,6-9H2,1H3. The molecule has 0 aromatic heterocycles. The third-order valence-corrected chi connectivity index (χ3v) is 4.63. The highest BCUT2D eigenvalue weighted by Crippen LogP contribution is 2.17. The lowest BCUT2D eigenvalue weighted by Gasteiger charge is -2.26. The molecular weight excluding hydrogens is 237 g/mol. The maximum atomic E-state index is 12.8. The van der Waals surface area contributed by atoms with Gasteiger partial charge in [0, 0.05) is 34.4 Å². The first-order valence-electron chi connectivity index (χ1n) is 6.01. The van der Waals surface area contributed by atoms with E-state index < -0.39 is 10.8 Å². The fraction of sp³-hybridized carbons (Fsp3) is 0.538. The fourth-order valence-electron chi connectivity index (χ4n) is 2.16. The normalized spacial score (nSPS) is 26.7. The lowest BCUT2D eigenvalue weighted by molar-refractivity contribution is 0.426. The van der Waals surface area contributed by atoms with E-state index in [1.807, 2.05) is 12.1 Å². The Labute approximate surface area is 104 Å². The SMILES string of the molecule is CC(NC1CCS(=O)CC1)c1ccc(F)cc1. The molecule has 1 saturated heterocycles. The molecule has 0 amide bonds. The minimum atomic E-state index is -0.613. The topological polar surface area (TPSA) is 29.1 Å². The summed E-state index contributed by atoms with van der Waals surface area (Å²) >= 11 is 0. The molecule has 1 heterocycles. The third-order valence-electron chi connectivity index (χ3n) is 3.24. The molecule has 1 aromatic rings. The Kier molecular flexibility index (Phi) is 4.29. The molecule has 1 aliphatic rings. The van der Waals surface area contributed by atoms with Crippen LogP contribution in [-0.2, 0) is 10.8 Å². The van der Waals surface area contributed by atoms with Gasteiger partial charge in [0.05, 0.1) is 0 Å². The van der Waals surface area contributed by atoms with Gasteiger partial charge in [-0.25, -0.2) is 4.39 Å². The zero-order valence-corrected chi connectivity index (χ0v) is 10.8. The predicted octanol–water partition coefficient (Wildman–Crippen LogP) is 2.39. The first-order chi connectivity index (χ1) is 8.15. The number of benzene rings is 1. The molecule has 0 spiro atoms. The molecule has 4 heteroatoms. The van der Waals surface area contributed by atoms with Crippen molar-refractivity contribution in [2.45, 2.75) is 31.8 Å². The van der Waals surface area contributed by atoms with Gasteiger partial charge in [-0.15, -0.1) is 0 Å². The lowest BCUT2D eigenvalue weighted by atomic mass is 10.1. The second-order valence-corrected chi connectivity index (χ2v) is 6.26. The Bertz CT molecular complexity index is 383. The van der Waals surface area contributed by atoms with Crippen LogP contribution in [0, 0.1) is 5.82 Å². The van der Waals surface area contributed by atoms with Crippen LogP contribution in [0.4, 0.5) is 4.39 Å². The Hall–Kier alpha value is -0.740. The number of halogens is 1. The summed E-state index contributed by atoms with van der Waals surface area (Å²) in [5.41, 5.74) is 1.10. The van der Waals surface area contributed by atoms with Crippen LogP contribution >= 0.6 is 0 Å². The van der Waals surface area contributed by atoms with Crippen LogP contribution in [0.2, 0.25) is 0 Å². The minimum Gasteiger partial charge on any atom is -0.307 e. The van der Waals surface area contributed by atoms with Gasteiger partial charge in [0.1, 0.15) is 5.82 Å². The first-order valence-corrected chi connectivity index (χ1v) is 7.50. The Morgan fingerprint density at radius 1 is 1.29 bits per heavy atom. The molecule has 2 nitrogen and oxygen atoms in total. The summed E-state index contributed by atoms with van der Waals surface area (Å²) in [6.45, 7) is 2.08. The van der Waals surface area contributed by atoms with E-state index in [0.717, 1.165) is 29.9 Å². The van der Waals surface area contributed by atoms with Crippen molar-refractivity contribution in [1.29, 1.82) is 0 Å². The Balaban J connectivity index is 1.90. The zero-order chi connectivity index (χ0) is 12.3. The molecule has 1 fully saturated rings. The minimum absolute atomic E-state index is 0.200. The van der Waals surface area contributed by atoms with Crippen LogP contribution in [0.1, 0.15) is 31.4 Å². The van der Waals surface area contributed by atoms with Gasteiger partial charge in [-0.2, -0.15) is 0 Å². The summed E-state index contributed by atoms with van der Waals surface area (Å²) < 4.78 is 24.0. The molecule has 0 bridgehead atoms. The zero-order valence-electron chi connectivity index (χ0n) is 9.99. The van der Waals surface area contributed by atoms with E-state index in [4.69, 9.17) is 0 Å². The van der Waals surface area contributed by atoms with Crippen molar-refractivity contribution < 1.29 is 8.60 Å². The first kappa shape index (κ1) is 12.7. The largest absolute Gasteiger partial charge is 0.307 e. The van der Waals surface area contributed by atoms with Crippen LogP contribution in [0.3, 0.4) is 0 Å². The van der Waals surface area contributed by atoms with Gasteiger partial charge in [-0.05, 0) is 37.5 Å². The molecule has 0 aliphatic carbocycles. The van der Waals surface area contributed by atoms with Crippen LogP contribution in [0.25, 0.3) is 0 Å². The summed E-state index contributed by atoms with van der Waals surface area (Å²) in [7, 11) is -0.613. The molecule has 0 saturated carbocycles. The average molecular weight is 255 g/mol. The second-order valence-electron chi connectivity index (χ2n) is 4.56. The molecule has 1 aromatic carbocycles. The maximum absolute atomic E-state index is 12.8. The summed E-state index contributed by atoms with van der Waals surface area (Å²) in [6, 6.07) is 7.26. The highest BCUT2D eigenvalue weighted by molar-refractivity contribution is 7.85. The van der Waals surface area contributed by atoms with Crippen molar-refractivity contribution in [3.63, 3.8) is 0 Å². The highest BCUT2D eigenvalue weighted by Gasteiger charge is 2.19. The molecule has 17 heavy (non-hydrogen) atoms. The summed E-state index contributed by atoms with van der Waals surface area (Å²) in [5.74, 6) is 1.40. The molecule has 2 rings (SSSR count). The van der Waals surface area contributed by atoms with E-state index in [9.17, 15) is 8.60 Å². The van der Waals surface area contributed by atoms with Crippen LogP contribution in [0.5, 0.6) is 0 Å². The van der Waals surface area contributed by atoms with Crippen LogP contribution in [-0.4, -0.2) is 21.8 Å². The van der Waals surface area contributed by atoms with E-state index in [0.29, 0.717) is 6.04 Å². The molecular formula is C13H18FNOS. The van der Waals surface area contributed by atoms with Gasteiger partial charge >= 0.3 is 0 Å². The van der Waals surface area contributed by atoms with Gasteiger partial charge in [0.15, 0.2) is 0 Å². The van der Waals surface area contributed by atoms with Gasteiger partial charge in [0.2, 0.25) is 0 Å². The van der Waals surface area contributed by atoms with Gasteiger partial charge in [-0.1, -0.05) is 12.1 Å². The van der Waals surface area contributed by atoms with E-state index in [1.165, 1.54) is 12.1 Å². The second kappa shape index (κ2) is 5.74. The maximum Gasteiger partial charge on any atom is 0.123 e. The Morgan fingerprint density at radius 3 is 2.47 bits per heavy atom. The third kappa shape index (κ3) is 3.61. The summed E-state index contributed by atoms with van der Waals surface area (Å²) in [4.78, 5) is 0. The average Bonchev–Trinajstić information content (AvgIpc) is 2.33. The molecule has 1 atom stereocenters. The monoisotopic (exact) mass is 255 g/mol. The number of hydrogen-bond acceptors (Lipinski definition) is 2. The number of hydrogen-bond donors (Lipinski definition) is 1. The van der Waals surface area contributed by atoms with Crippen LogP contribution in [0.15, 0.2) is 24.3 Å². The molecule has 0 radical (unpaired) electrons. The van der Waals surface area contributed by atoms with E-state index in [2.05, 4.69) is 12.2 Å². The number of nitrogens with one attached hydrogen (secondary N) is 1. The van der Waals surface area contributed by atoms with Crippen molar-refractivity contribution in [1.82, 2.24) is 5.32 Å². The molecule has 1 N–H and O–H groups in total. The molecule has 94 valence electrons. The summed E-state index contributed by atoms with van der Waals surface area (Å²) in [6.07, 6.45) is 1.94. The van der Waals surface area contributed by atoms with Crippen molar-refractivity contribution in [3.05, 3.63) is 35.6 Å². The highest BCUT2D eigenvalue weighted by atomic mass is 32.2. The molecule has 1 unspecified atom stereocenters. The van der Waals surface area contributed by atoms with E-state index >= 15 is 0 Å². The smallest absolute Gasteiger partial charge is 0.123 e. The van der Waals surface area contributed by atoms with Crippen molar-refractivity contribution in [2.75, 3.05) is 11.5 Å². The predicted molar refractivity (Wildman–Crippen MR) is 68.8 cm³/mol.